The van der Waals surface area contributed by atoms with Crippen molar-refractivity contribution < 1.29 is 9.28 Å². The van der Waals surface area contributed by atoms with E-state index in [1.165, 1.54) is 51.8 Å². The van der Waals surface area contributed by atoms with Gasteiger partial charge in [-0.1, -0.05) is 68.8 Å². The lowest BCUT2D eigenvalue weighted by Gasteiger charge is -2.35. The number of nitrogens with one attached hydrogen (secondary N) is 1. The highest BCUT2D eigenvalue weighted by molar-refractivity contribution is 5.96. The van der Waals surface area contributed by atoms with E-state index >= 15 is 0 Å². The molecule has 2 aromatic rings. The van der Waals surface area contributed by atoms with E-state index in [1.54, 1.807) is 0 Å². The summed E-state index contributed by atoms with van der Waals surface area (Å²) in [5.41, 5.74) is 9.13. The van der Waals surface area contributed by atoms with Crippen LogP contribution in [0.25, 0.3) is 5.57 Å². The molecule has 3 nitrogen and oxygen atoms in total. The van der Waals surface area contributed by atoms with Crippen molar-refractivity contribution in [1.29, 1.82) is 5.41 Å². The smallest absolute Gasteiger partial charge is 0.192 e. The number of fused-ring (bicyclic) bond motifs is 2. The molecule has 1 heterocycles. The number of amidine groups is 1. The molecular formula is C32H41N2O+. The number of quaternary nitrogens is 1. The molecule has 0 bridgehead atoms. The molecule has 3 unspecified atom stereocenters. The maximum atomic E-state index is 13.1. The number of hydrogen-bond donors (Lipinski definition) is 1. The summed E-state index contributed by atoms with van der Waals surface area (Å²) in [4.78, 5) is 13.1. The van der Waals surface area contributed by atoms with Gasteiger partial charge < -0.3 is 0 Å². The minimum absolute atomic E-state index is 0.0838. The summed E-state index contributed by atoms with van der Waals surface area (Å²) >= 11 is 0. The van der Waals surface area contributed by atoms with Gasteiger partial charge >= 0.3 is 0 Å². The minimum atomic E-state index is 0.0838. The molecule has 1 N–H and O–H groups in total. The summed E-state index contributed by atoms with van der Waals surface area (Å²) in [6, 6.07) is 15.5. The van der Waals surface area contributed by atoms with Gasteiger partial charge in [-0.2, -0.15) is 0 Å². The molecule has 2 aliphatic rings. The van der Waals surface area contributed by atoms with E-state index in [-0.39, 0.29) is 5.92 Å². The quantitative estimate of drug-likeness (QED) is 0.197. The summed E-state index contributed by atoms with van der Waals surface area (Å²) in [6.07, 6.45) is 7.54. The fourth-order valence-electron chi connectivity index (χ4n) is 5.83. The molecule has 184 valence electrons. The third kappa shape index (κ3) is 5.26. The van der Waals surface area contributed by atoms with Gasteiger partial charge in [-0.05, 0) is 58.6 Å². The molecule has 0 radical (unpaired) electrons. The fourth-order valence-corrected chi connectivity index (χ4v) is 5.83. The van der Waals surface area contributed by atoms with Gasteiger partial charge in [-0.25, -0.2) is 0 Å². The Morgan fingerprint density at radius 2 is 1.97 bits per heavy atom. The molecule has 35 heavy (non-hydrogen) atoms. The van der Waals surface area contributed by atoms with Crippen LogP contribution in [0.1, 0.15) is 80.2 Å². The standard InChI is InChI=1S/C32H41N2O/c1-6-8-11-24-17-26(15-14-25(24)16-22(3)7-2)30-18-28(35)19-31-29-13-10-9-12-27(29)20-34(5,23(4)33)21-32(30)31/h7,9-10,12-15,17,22,30,33H,2,6,8,11,16,18-21H2,1,3-5H3/q+1. The van der Waals surface area contributed by atoms with Crippen molar-refractivity contribution in [2.75, 3.05) is 13.6 Å². The Kier molecular flexibility index (Phi) is 7.56. The summed E-state index contributed by atoms with van der Waals surface area (Å²) in [6.45, 7) is 12.0. The van der Waals surface area contributed by atoms with E-state index in [0.29, 0.717) is 34.9 Å². The van der Waals surface area contributed by atoms with Crippen LogP contribution in [-0.4, -0.2) is 29.7 Å². The molecule has 2 aromatic carbocycles. The van der Waals surface area contributed by atoms with Crippen molar-refractivity contribution in [3.63, 3.8) is 0 Å². The van der Waals surface area contributed by atoms with Gasteiger partial charge in [-0.3, -0.25) is 14.7 Å². The Bertz CT molecular complexity index is 1170. The average Bonchev–Trinajstić information content (AvgIpc) is 2.97. The van der Waals surface area contributed by atoms with Gasteiger partial charge in [0.05, 0.1) is 7.05 Å². The molecule has 0 amide bonds. The Balaban J connectivity index is 1.84. The van der Waals surface area contributed by atoms with Crippen molar-refractivity contribution in [2.24, 2.45) is 5.92 Å². The molecule has 0 fully saturated rings. The van der Waals surface area contributed by atoms with Gasteiger partial charge in [0.1, 0.15) is 18.9 Å². The van der Waals surface area contributed by atoms with Crippen LogP contribution in [0.4, 0.5) is 0 Å². The topological polar surface area (TPSA) is 40.9 Å². The number of likely N-dealkylation sites (N-methyl/N-ethyl adjacent to an activating group) is 1. The van der Waals surface area contributed by atoms with Crippen LogP contribution in [0.15, 0.2) is 60.7 Å². The van der Waals surface area contributed by atoms with E-state index in [9.17, 15) is 4.79 Å². The first kappa shape index (κ1) is 25.3. The number of hydrogen-bond acceptors (Lipinski definition) is 2. The Morgan fingerprint density at radius 1 is 1.20 bits per heavy atom. The first-order valence-electron chi connectivity index (χ1n) is 13.2. The van der Waals surface area contributed by atoms with Gasteiger partial charge in [0.25, 0.3) is 0 Å². The number of ketones is 1. The number of unbranched alkanes of at least 4 members (excludes halogenated alkanes) is 1. The third-order valence-corrected chi connectivity index (χ3v) is 8.18. The lowest BCUT2D eigenvalue weighted by molar-refractivity contribution is -0.831. The number of allylic oxidation sites excluding steroid dienone is 2. The largest absolute Gasteiger partial charge is 0.299 e. The highest BCUT2D eigenvalue weighted by atomic mass is 16.1. The van der Waals surface area contributed by atoms with E-state index in [0.717, 1.165) is 25.9 Å². The Hall–Kier alpha value is -2.78. The molecule has 3 heteroatoms. The van der Waals surface area contributed by atoms with Crippen LogP contribution in [0, 0.1) is 11.3 Å². The van der Waals surface area contributed by atoms with Crippen molar-refractivity contribution in [3.05, 3.63) is 88.5 Å². The van der Waals surface area contributed by atoms with Crippen molar-refractivity contribution in [1.82, 2.24) is 0 Å². The lowest BCUT2D eigenvalue weighted by Crippen LogP contribution is -2.48. The second-order valence-corrected chi connectivity index (χ2v) is 11.0. The number of carbonyl (C=O) groups excluding carboxylic acids is 1. The second-order valence-electron chi connectivity index (χ2n) is 11.0. The maximum absolute atomic E-state index is 13.1. The van der Waals surface area contributed by atoms with Crippen molar-refractivity contribution >= 4 is 17.2 Å². The van der Waals surface area contributed by atoms with E-state index in [2.05, 4.69) is 69.9 Å². The first-order valence-corrected chi connectivity index (χ1v) is 13.2. The van der Waals surface area contributed by atoms with Crippen LogP contribution < -0.4 is 0 Å². The third-order valence-electron chi connectivity index (χ3n) is 8.18. The van der Waals surface area contributed by atoms with Crippen LogP contribution >= 0.6 is 0 Å². The van der Waals surface area contributed by atoms with Crippen LogP contribution in [0.2, 0.25) is 0 Å². The normalized spacial score (nSPS) is 22.7. The molecule has 0 saturated carbocycles. The van der Waals surface area contributed by atoms with Gasteiger partial charge in [0, 0.05) is 31.2 Å². The van der Waals surface area contributed by atoms with Gasteiger partial charge in [0.2, 0.25) is 0 Å². The second kappa shape index (κ2) is 10.5. The van der Waals surface area contributed by atoms with Gasteiger partial charge in [-0.15, -0.1) is 6.58 Å². The fraction of sp³-hybridized carbons (Fsp3) is 0.438. The molecule has 4 rings (SSSR count). The summed E-state index contributed by atoms with van der Waals surface area (Å²) in [7, 11) is 2.18. The SMILES string of the molecule is C=CC(C)Cc1ccc(C2CC(=O)CC3=C2C[N+](C)(C(C)=N)Cc2ccccc23)cc1CCCC. The number of aryl methyl sites for hydroxylation is 1. The number of benzene rings is 2. The zero-order chi connectivity index (χ0) is 25.2. The van der Waals surface area contributed by atoms with Crippen LogP contribution in [0.3, 0.4) is 0 Å². The molecule has 0 spiro atoms. The van der Waals surface area contributed by atoms with Crippen LogP contribution in [-0.2, 0) is 24.2 Å². The molecule has 1 aliphatic carbocycles. The summed E-state index contributed by atoms with van der Waals surface area (Å²) < 4.78 is 0.568. The summed E-state index contributed by atoms with van der Waals surface area (Å²) in [5.74, 6) is 1.52. The Labute approximate surface area is 211 Å². The molecule has 0 aromatic heterocycles. The zero-order valence-corrected chi connectivity index (χ0v) is 22.0. The number of carbonyl (C=O) groups is 1. The van der Waals surface area contributed by atoms with Crippen molar-refractivity contribution in [2.45, 2.75) is 71.8 Å². The van der Waals surface area contributed by atoms with E-state index in [1.807, 2.05) is 13.0 Å². The van der Waals surface area contributed by atoms with E-state index in [4.69, 9.17) is 5.41 Å². The highest BCUT2D eigenvalue weighted by Gasteiger charge is 2.39. The van der Waals surface area contributed by atoms with E-state index < -0.39 is 0 Å². The minimum Gasteiger partial charge on any atom is -0.299 e. The maximum Gasteiger partial charge on any atom is 0.192 e. The molecular weight excluding hydrogens is 428 g/mol. The monoisotopic (exact) mass is 469 g/mol. The summed E-state index contributed by atoms with van der Waals surface area (Å²) in [5, 5.41) is 8.64. The molecule has 1 aliphatic heterocycles. The zero-order valence-electron chi connectivity index (χ0n) is 22.0. The van der Waals surface area contributed by atoms with Gasteiger partial charge in [0.15, 0.2) is 5.84 Å². The predicted molar refractivity (Wildman–Crippen MR) is 147 cm³/mol. The number of Topliss-reactive ketones (excluding diaryl/α,β-unsaturated/α-hetero) is 1. The Morgan fingerprint density at radius 3 is 2.69 bits per heavy atom. The lowest BCUT2D eigenvalue weighted by atomic mass is 9.75. The first-order chi connectivity index (χ1) is 16.8. The number of nitrogens with zero attached hydrogens (tertiary/aromatic N) is 1. The van der Waals surface area contributed by atoms with Crippen molar-refractivity contribution in [3.8, 4) is 0 Å². The highest BCUT2D eigenvalue weighted by Crippen LogP contribution is 2.45. The predicted octanol–water partition coefficient (Wildman–Crippen LogP) is 7.25. The number of rotatable bonds is 7. The molecule has 3 atom stereocenters. The molecule has 0 saturated heterocycles. The van der Waals surface area contributed by atoms with Crippen LogP contribution in [0.5, 0.6) is 0 Å². The average molecular weight is 470 g/mol.